The van der Waals surface area contributed by atoms with E-state index in [1.54, 1.807) is 13.3 Å². The molecule has 1 aliphatic rings. The fourth-order valence-electron chi connectivity index (χ4n) is 1.20. The molecule has 5 heteroatoms. The first-order chi connectivity index (χ1) is 6.31. The summed E-state index contributed by atoms with van der Waals surface area (Å²) in [5.41, 5.74) is 5.65. The minimum Gasteiger partial charge on any atom is -0.491 e. The summed E-state index contributed by atoms with van der Waals surface area (Å²) in [6.45, 7) is 2.04. The molecule has 0 saturated carbocycles. The molecule has 13 heavy (non-hydrogen) atoms. The molecule has 0 spiro atoms. The lowest BCUT2D eigenvalue weighted by atomic mass is 10.2. The number of nitrogens with two attached hydrogens (primary N) is 1. The monoisotopic (exact) mass is 180 g/mol. The van der Waals surface area contributed by atoms with Crippen LogP contribution >= 0.6 is 0 Å². The number of ether oxygens (including phenoxy) is 1. The van der Waals surface area contributed by atoms with Gasteiger partial charge in [0.15, 0.2) is 11.6 Å². The number of rotatable bonds is 2. The molecular formula is C8H12N4O. The van der Waals surface area contributed by atoms with Crippen molar-refractivity contribution in [2.24, 2.45) is 0 Å². The van der Waals surface area contributed by atoms with E-state index in [0.29, 0.717) is 17.5 Å². The normalized spacial score (nSPS) is 15.3. The summed E-state index contributed by atoms with van der Waals surface area (Å²) in [4.78, 5) is 10.4. The second-order valence-electron chi connectivity index (χ2n) is 2.96. The van der Waals surface area contributed by atoms with Crippen molar-refractivity contribution in [3.8, 4) is 5.75 Å². The smallest absolute Gasteiger partial charge is 0.227 e. The number of hydrogen-bond donors (Lipinski definition) is 1. The first kappa shape index (κ1) is 8.10. The van der Waals surface area contributed by atoms with Gasteiger partial charge in [0.25, 0.3) is 0 Å². The molecule has 1 aliphatic heterocycles. The quantitative estimate of drug-likeness (QED) is 0.708. The molecule has 1 aromatic heterocycles. The molecule has 70 valence electrons. The predicted octanol–water partition coefficient (Wildman–Crippen LogP) is 0.277. The maximum atomic E-state index is 5.65. The van der Waals surface area contributed by atoms with Crippen LogP contribution in [0.25, 0.3) is 0 Å². The van der Waals surface area contributed by atoms with E-state index in [9.17, 15) is 0 Å². The van der Waals surface area contributed by atoms with E-state index in [4.69, 9.17) is 10.5 Å². The highest BCUT2D eigenvalue weighted by Gasteiger charge is 2.17. The Bertz CT molecular complexity index is 311. The average Bonchev–Trinajstić information content (AvgIpc) is 2.01. The van der Waals surface area contributed by atoms with Crippen LogP contribution in [0.3, 0.4) is 0 Å². The van der Waals surface area contributed by atoms with Crippen molar-refractivity contribution in [3.63, 3.8) is 0 Å². The summed E-state index contributed by atoms with van der Waals surface area (Å²) in [7, 11) is 1.55. The molecule has 0 radical (unpaired) electrons. The highest BCUT2D eigenvalue weighted by molar-refractivity contribution is 5.49. The van der Waals surface area contributed by atoms with E-state index < -0.39 is 0 Å². The second kappa shape index (κ2) is 3.08. The van der Waals surface area contributed by atoms with E-state index in [-0.39, 0.29) is 0 Å². The molecule has 2 rings (SSSR count). The lowest BCUT2D eigenvalue weighted by molar-refractivity contribution is 0.413. The molecule has 0 amide bonds. The van der Waals surface area contributed by atoms with Crippen molar-refractivity contribution in [2.75, 3.05) is 30.8 Å². The fourth-order valence-corrected chi connectivity index (χ4v) is 1.20. The Morgan fingerprint density at radius 1 is 1.54 bits per heavy atom. The Balaban J connectivity index is 2.24. The van der Waals surface area contributed by atoms with Gasteiger partial charge in [0.1, 0.15) is 0 Å². The van der Waals surface area contributed by atoms with E-state index in [0.717, 1.165) is 13.1 Å². The van der Waals surface area contributed by atoms with Gasteiger partial charge in [-0.3, -0.25) is 0 Å². The lowest BCUT2D eigenvalue weighted by Gasteiger charge is -2.30. The third-order valence-electron chi connectivity index (χ3n) is 2.13. The Morgan fingerprint density at radius 2 is 2.31 bits per heavy atom. The topological polar surface area (TPSA) is 64.3 Å². The van der Waals surface area contributed by atoms with Crippen LogP contribution in [0.15, 0.2) is 6.20 Å². The van der Waals surface area contributed by atoms with Crippen LogP contribution in [0.1, 0.15) is 6.42 Å². The van der Waals surface area contributed by atoms with Crippen LogP contribution in [-0.4, -0.2) is 30.2 Å². The minimum absolute atomic E-state index is 0.402. The number of methoxy groups -OCH3 is 1. The molecule has 5 nitrogen and oxygen atoms in total. The lowest BCUT2D eigenvalue weighted by Crippen LogP contribution is -2.38. The van der Waals surface area contributed by atoms with E-state index in [1.807, 2.05) is 0 Å². The van der Waals surface area contributed by atoms with Gasteiger partial charge in [-0.25, -0.2) is 4.98 Å². The van der Waals surface area contributed by atoms with Gasteiger partial charge in [-0.15, -0.1) is 0 Å². The van der Waals surface area contributed by atoms with Gasteiger partial charge in [0.05, 0.1) is 13.3 Å². The van der Waals surface area contributed by atoms with E-state index in [2.05, 4.69) is 14.9 Å². The standard InChI is InChI=1S/C8H12N4O/c1-13-6-5-10-8(11-7(6)9)12-3-2-4-12/h5H,2-4H2,1H3,(H2,9,10,11). The van der Waals surface area contributed by atoms with Crippen molar-refractivity contribution >= 4 is 11.8 Å². The molecule has 1 aromatic rings. The Hall–Kier alpha value is -1.52. The molecule has 0 bridgehead atoms. The Kier molecular flexibility index (Phi) is 1.92. The van der Waals surface area contributed by atoms with Gasteiger partial charge in [-0.05, 0) is 6.42 Å². The third kappa shape index (κ3) is 1.37. The van der Waals surface area contributed by atoms with Crippen LogP contribution < -0.4 is 15.4 Å². The van der Waals surface area contributed by atoms with Gasteiger partial charge in [0, 0.05) is 13.1 Å². The highest BCUT2D eigenvalue weighted by Crippen LogP contribution is 2.22. The van der Waals surface area contributed by atoms with Gasteiger partial charge in [0.2, 0.25) is 5.95 Å². The molecule has 1 saturated heterocycles. The maximum Gasteiger partial charge on any atom is 0.227 e. The summed E-state index contributed by atoms with van der Waals surface area (Å²) >= 11 is 0. The Morgan fingerprint density at radius 3 is 2.77 bits per heavy atom. The Labute approximate surface area is 76.5 Å². The number of nitrogens with zero attached hydrogens (tertiary/aromatic N) is 3. The first-order valence-electron chi connectivity index (χ1n) is 4.22. The molecule has 0 unspecified atom stereocenters. The molecule has 0 aliphatic carbocycles. The average molecular weight is 180 g/mol. The summed E-state index contributed by atoms with van der Waals surface area (Å²) < 4.78 is 4.96. The SMILES string of the molecule is COc1cnc(N2CCC2)nc1N. The number of anilines is 2. The van der Waals surface area contributed by atoms with Crippen molar-refractivity contribution in [1.29, 1.82) is 0 Å². The van der Waals surface area contributed by atoms with Crippen LogP contribution in [0.2, 0.25) is 0 Å². The van der Waals surface area contributed by atoms with Gasteiger partial charge in [-0.1, -0.05) is 0 Å². The van der Waals surface area contributed by atoms with Crippen molar-refractivity contribution in [1.82, 2.24) is 9.97 Å². The molecule has 1 fully saturated rings. The molecular weight excluding hydrogens is 168 g/mol. The van der Waals surface area contributed by atoms with E-state index >= 15 is 0 Å². The minimum atomic E-state index is 0.402. The van der Waals surface area contributed by atoms with Gasteiger partial charge >= 0.3 is 0 Å². The molecule has 2 heterocycles. The summed E-state index contributed by atoms with van der Waals surface area (Å²) in [5, 5.41) is 0. The third-order valence-corrected chi connectivity index (χ3v) is 2.13. The van der Waals surface area contributed by atoms with Crippen molar-refractivity contribution in [3.05, 3.63) is 6.20 Å². The zero-order valence-corrected chi connectivity index (χ0v) is 7.53. The van der Waals surface area contributed by atoms with Crippen molar-refractivity contribution < 1.29 is 4.74 Å². The van der Waals surface area contributed by atoms with Crippen LogP contribution in [0.4, 0.5) is 11.8 Å². The number of hydrogen-bond acceptors (Lipinski definition) is 5. The highest BCUT2D eigenvalue weighted by atomic mass is 16.5. The second-order valence-corrected chi connectivity index (χ2v) is 2.96. The predicted molar refractivity (Wildman–Crippen MR) is 49.8 cm³/mol. The van der Waals surface area contributed by atoms with E-state index in [1.165, 1.54) is 6.42 Å². The molecule has 0 atom stereocenters. The van der Waals surface area contributed by atoms with Gasteiger partial charge in [-0.2, -0.15) is 4.98 Å². The molecule has 0 aromatic carbocycles. The zero-order chi connectivity index (χ0) is 9.26. The fraction of sp³-hybridized carbons (Fsp3) is 0.500. The number of nitrogen functional groups attached to an aromatic ring is 1. The van der Waals surface area contributed by atoms with Gasteiger partial charge < -0.3 is 15.4 Å². The zero-order valence-electron chi connectivity index (χ0n) is 7.53. The van der Waals surface area contributed by atoms with Crippen molar-refractivity contribution in [2.45, 2.75) is 6.42 Å². The van der Waals surface area contributed by atoms with Crippen LogP contribution in [-0.2, 0) is 0 Å². The largest absolute Gasteiger partial charge is 0.491 e. The first-order valence-corrected chi connectivity index (χ1v) is 4.22. The van der Waals surface area contributed by atoms with Crippen LogP contribution in [0.5, 0.6) is 5.75 Å². The summed E-state index contributed by atoms with van der Waals surface area (Å²) in [5.74, 6) is 1.63. The maximum absolute atomic E-state index is 5.65. The summed E-state index contributed by atoms with van der Waals surface area (Å²) in [6, 6.07) is 0. The van der Waals surface area contributed by atoms with Crippen LogP contribution in [0, 0.1) is 0 Å². The number of aromatic nitrogens is 2. The molecule has 2 N–H and O–H groups in total. The summed E-state index contributed by atoms with van der Waals surface area (Å²) in [6.07, 6.45) is 2.81.